The Morgan fingerprint density at radius 3 is 2.48 bits per heavy atom. The highest BCUT2D eigenvalue weighted by Crippen LogP contribution is 2.18. The van der Waals surface area contributed by atoms with Gasteiger partial charge in [-0.05, 0) is 42.8 Å². The van der Waals surface area contributed by atoms with E-state index in [1.54, 1.807) is 12.1 Å². The molecule has 0 unspecified atom stereocenters. The van der Waals surface area contributed by atoms with Crippen LogP contribution in [0.15, 0.2) is 36.4 Å². The number of esters is 1. The quantitative estimate of drug-likeness (QED) is 0.437. The van der Waals surface area contributed by atoms with Crippen LogP contribution in [0.4, 0.5) is 8.78 Å². The van der Waals surface area contributed by atoms with E-state index in [1.165, 1.54) is 12.1 Å². The summed E-state index contributed by atoms with van der Waals surface area (Å²) in [7, 11) is 0. The molecule has 0 saturated carbocycles. The van der Waals surface area contributed by atoms with Gasteiger partial charge in [0.1, 0.15) is 5.75 Å². The molecule has 0 N–H and O–H groups in total. The van der Waals surface area contributed by atoms with Gasteiger partial charge < -0.3 is 9.47 Å². The third-order valence-electron chi connectivity index (χ3n) is 3.09. The van der Waals surface area contributed by atoms with Gasteiger partial charge in [0.05, 0.1) is 12.2 Å². The average Bonchev–Trinajstić information content (AvgIpc) is 2.55. The van der Waals surface area contributed by atoms with E-state index in [9.17, 15) is 13.6 Å². The predicted molar refractivity (Wildman–Crippen MR) is 80.6 cm³/mol. The highest BCUT2D eigenvalue weighted by molar-refractivity contribution is 5.91. The van der Waals surface area contributed by atoms with Crippen molar-refractivity contribution in [1.29, 1.82) is 0 Å². The van der Waals surface area contributed by atoms with Crippen molar-refractivity contribution in [3.63, 3.8) is 0 Å². The van der Waals surface area contributed by atoms with Crippen LogP contribution in [-0.4, -0.2) is 17.6 Å². The van der Waals surface area contributed by atoms with Crippen molar-refractivity contribution >= 4 is 5.97 Å². The molecule has 23 heavy (non-hydrogen) atoms. The highest BCUT2D eigenvalue weighted by Gasteiger charge is 2.13. The monoisotopic (exact) mass is 321 g/mol. The summed E-state index contributed by atoms with van der Waals surface area (Å²) in [6, 6.07) is 8.25. The molecular formula is C17H17F2NO3. The SMILES string of the molecule is CCCCCOc1ccc(C(=O)Oc2ccc(F)nc2F)cc1. The molecule has 1 aromatic heterocycles. The highest BCUT2D eigenvalue weighted by atomic mass is 19.1. The minimum absolute atomic E-state index is 0.231. The van der Waals surface area contributed by atoms with Gasteiger partial charge in [-0.25, -0.2) is 4.79 Å². The fraction of sp³-hybridized carbons (Fsp3) is 0.294. The van der Waals surface area contributed by atoms with Crippen LogP contribution in [0.2, 0.25) is 0 Å². The number of halogens is 2. The molecule has 0 bridgehead atoms. The van der Waals surface area contributed by atoms with Crippen LogP contribution in [-0.2, 0) is 0 Å². The molecular weight excluding hydrogens is 304 g/mol. The molecule has 0 spiro atoms. The molecule has 1 aromatic carbocycles. The fourth-order valence-electron chi connectivity index (χ4n) is 1.86. The lowest BCUT2D eigenvalue weighted by molar-refractivity contribution is 0.0725. The van der Waals surface area contributed by atoms with Crippen molar-refractivity contribution in [2.75, 3.05) is 6.61 Å². The first kappa shape index (κ1) is 16.9. The first-order valence-corrected chi connectivity index (χ1v) is 7.37. The van der Waals surface area contributed by atoms with E-state index < -0.39 is 23.6 Å². The van der Waals surface area contributed by atoms with Gasteiger partial charge in [0.15, 0.2) is 5.75 Å². The first-order chi connectivity index (χ1) is 11.1. The van der Waals surface area contributed by atoms with Crippen molar-refractivity contribution in [2.24, 2.45) is 0 Å². The maximum Gasteiger partial charge on any atom is 0.343 e. The maximum atomic E-state index is 13.3. The van der Waals surface area contributed by atoms with Crippen molar-refractivity contribution in [2.45, 2.75) is 26.2 Å². The number of nitrogens with zero attached hydrogens (tertiary/aromatic N) is 1. The van der Waals surface area contributed by atoms with Gasteiger partial charge in [0.2, 0.25) is 5.95 Å². The smallest absolute Gasteiger partial charge is 0.343 e. The Balaban J connectivity index is 1.94. The van der Waals surface area contributed by atoms with E-state index >= 15 is 0 Å². The van der Waals surface area contributed by atoms with E-state index in [1.807, 2.05) is 0 Å². The predicted octanol–water partition coefficient (Wildman–Crippen LogP) is 4.15. The van der Waals surface area contributed by atoms with Gasteiger partial charge in [-0.1, -0.05) is 19.8 Å². The van der Waals surface area contributed by atoms with Gasteiger partial charge in [0, 0.05) is 0 Å². The van der Waals surface area contributed by atoms with Gasteiger partial charge in [-0.15, -0.1) is 0 Å². The number of carbonyl (C=O) groups is 1. The maximum absolute atomic E-state index is 13.3. The zero-order chi connectivity index (χ0) is 16.7. The summed E-state index contributed by atoms with van der Waals surface area (Å²) in [6.45, 7) is 2.73. The number of unbranched alkanes of at least 4 members (excludes halogenated alkanes) is 2. The van der Waals surface area contributed by atoms with Crippen molar-refractivity contribution < 1.29 is 23.0 Å². The molecule has 0 saturated heterocycles. The number of hydrogen-bond donors (Lipinski definition) is 0. The van der Waals surface area contributed by atoms with Crippen LogP contribution in [0.3, 0.4) is 0 Å². The molecule has 0 aliphatic heterocycles. The third-order valence-corrected chi connectivity index (χ3v) is 3.09. The third kappa shape index (κ3) is 5.02. The summed E-state index contributed by atoms with van der Waals surface area (Å²) < 4.78 is 36.4. The molecule has 0 amide bonds. The van der Waals surface area contributed by atoms with Crippen LogP contribution in [0.25, 0.3) is 0 Å². The van der Waals surface area contributed by atoms with Gasteiger partial charge in [-0.2, -0.15) is 13.8 Å². The normalized spacial score (nSPS) is 10.4. The minimum atomic E-state index is -1.17. The standard InChI is InChI=1S/C17H17F2NO3/c1-2-3-4-11-22-13-7-5-12(6-8-13)17(21)23-14-9-10-15(18)20-16(14)19/h5-10H,2-4,11H2,1H3. The van der Waals surface area contributed by atoms with Crippen molar-refractivity contribution in [3.05, 3.63) is 53.9 Å². The van der Waals surface area contributed by atoms with Crippen molar-refractivity contribution in [3.8, 4) is 11.5 Å². The second-order valence-electron chi connectivity index (χ2n) is 4.89. The van der Waals surface area contributed by atoms with E-state index in [4.69, 9.17) is 9.47 Å². The zero-order valence-corrected chi connectivity index (χ0v) is 12.7. The number of benzene rings is 1. The summed E-state index contributed by atoms with van der Waals surface area (Å²) >= 11 is 0. The Bertz CT molecular complexity index is 659. The summed E-state index contributed by atoms with van der Waals surface area (Å²) in [5, 5.41) is 0. The Morgan fingerprint density at radius 2 is 1.83 bits per heavy atom. The lowest BCUT2D eigenvalue weighted by Gasteiger charge is -2.07. The fourth-order valence-corrected chi connectivity index (χ4v) is 1.86. The molecule has 4 nitrogen and oxygen atoms in total. The largest absolute Gasteiger partial charge is 0.494 e. The number of carbonyl (C=O) groups excluding carboxylic acids is 1. The molecule has 0 aliphatic rings. The lowest BCUT2D eigenvalue weighted by atomic mass is 10.2. The first-order valence-electron chi connectivity index (χ1n) is 7.37. The zero-order valence-electron chi connectivity index (χ0n) is 12.7. The number of rotatable bonds is 7. The lowest BCUT2D eigenvalue weighted by Crippen LogP contribution is -2.10. The molecule has 122 valence electrons. The summed E-state index contributed by atoms with van der Waals surface area (Å²) in [5.41, 5.74) is 0.231. The second kappa shape index (κ2) is 8.22. The van der Waals surface area contributed by atoms with Crippen molar-refractivity contribution in [1.82, 2.24) is 4.98 Å². The van der Waals surface area contributed by atoms with Crippen LogP contribution < -0.4 is 9.47 Å². The van der Waals surface area contributed by atoms with Crippen LogP contribution in [0.1, 0.15) is 36.5 Å². The Kier molecular flexibility index (Phi) is 6.02. The minimum Gasteiger partial charge on any atom is -0.494 e. The summed E-state index contributed by atoms with van der Waals surface area (Å²) in [6.07, 6.45) is 3.18. The molecule has 0 aliphatic carbocycles. The Hall–Kier alpha value is -2.50. The topological polar surface area (TPSA) is 48.4 Å². The van der Waals surface area contributed by atoms with E-state index in [0.29, 0.717) is 12.4 Å². The molecule has 1 heterocycles. The molecule has 2 aromatic rings. The van der Waals surface area contributed by atoms with Crippen LogP contribution in [0.5, 0.6) is 11.5 Å². The van der Waals surface area contributed by atoms with Crippen LogP contribution >= 0.6 is 0 Å². The van der Waals surface area contributed by atoms with Gasteiger partial charge >= 0.3 is 5.97 Å². The number of hydrogen-bond acceptors (Lipinski definition) is 4. The average molecular weight is 321 g/mol. The number of aromatic nitrogens is 1. The Labute approximate surface area is 133 Å². The number of ether oxygens (including phenoxy) is 2. The summed E-state index contributed by atoms with van der Waals surface area (Å²) in [4.78, 5) is 14.9. The molecule has 0 atom stereocenters. The second-order valence-corrected chi connectivity index (χ2v) is 4.89. The molecule has 0 fully saturated rings. The van der Waals surface area contributed by atoms with E-state index in [-0.39, 0.29) is 5.56 Å². The van der Waals surface area contributed by atoms with Gasteiger partial charge in [-0.3, -0.25) is 0 Å². The Morgan fingerprint density at radius 1 is 1.09 bits per heavy atom. The van der Waals surface area contributed by atoms with Crippen LogP contribution in [0, 0.1) is 11.9 Å². The van der Waals surface area contributed by atoms with Gasteiger partial charge in [0.25, 0.3) is 5.95 Å². The molecule has 0 radical (unpaired) electrons. The summed E-state index contributed by atoms with van der Waals surface area (Å²) in [5.74, 6) is -2.68. The molecule has 2 rings (SSSR count). The molecule has 6 heteroatoms. The van der Waals surface area contributed by atoms with E-state index in [0.717, 1.165) is 31.4 Å². The number of pyridine rings is 1. The van der Waals surface area contributed by atoms with E-state index in [2.05, 4.69) is 11.9 Å².